The lowest BCUT2D eigenvalue weighted by atomic mass is 10.1. The molecule has 0 fully saturated rings. The van der Waals surface area contributed by atoms with Crippen LogP contribution in [-0.2, 0) is 6.42 Å². The van der Waals surface area contributed by atoms with Crippen molar-refractivity contribution in [3.05, 3.63) is 71.6 Å². The van der Waals surface area contributed by atoms with Gasteiger partial charge in [0.2, 0.25) is 0 Å². The lowest BCUT2D eigenvalue weighted by Gasteiger charge is -2.10. The summed E-state index contributed by atoms with van der Waals surface area (Å²) in [5.41, 5.74) is 3.02. The number of furan rings is 1. The van der Waals surface area contributed by atoms with Crippen molar-refractivity contribution in [2.24, 2.45) is 0 Å². The van der Waals surface area contributed by atoms with Crippen molar-refractivity contribution >= 4 is 34.3 Å². The molecule has 0 spiro atoms. The molecule has 4 heterocycles. The van der Waals surface area contributed by atoms with E-state index < -0.39 is 0 Å². The molecule has 10 heteroatoms. The maximum atomic E-state index is 13.3. The van der Waals surface area contributed by atoms with Gasteiger partial charge in [0.1, 0.15) is 18.3 Å². The minimum absolute atomic E-state index is 0.284. The van der Waals surface area contributed by atoms with Gasteiger partial charge in [0, 0.05) is 5.69 Å². The number of pyridine rings is 1. The highest BCUT2D eigenvalue weighted by atomic mass is 35.5. The number of carbonyl (C=O) groups excluding carboxylic acids is 1. The van der Waals surface area contributed by atoms with Crippen molar-refractivity contribution in [2.45, 2.75) is 19.8 Å². The van der Waals surface area contributed by atoms with Gasteiger partial charge in [0.25, 0.3) is 11.6 Å². The summed E-state index contributed by atoms with van der Waals surface area (Å²) in [5, 5.41) is 12.1. The summed E-state index contributed by atoms with van der Waals surface area (Å²) >= 11 is 6.40. The molecule has 4 aromatic heterocycles. The van der Waals surface area contributed by atoms with Gasteiger partial charge in [-0.05, 0) is 42.8 Å². The number of benzene rings is 1. The van der Waals surface area contributed by atoms with Crippen molar-refractivity contribution < 1.29 is 13.7 Å². The van der Waals surface area contributed by atoms with E-state index in [4.69, 9.17) is 20.5 Å². The zero-order valence-electron chi connectivity index (χ0n) is 16.9. The highest BCUT2D eigenvalue weighted by Gasteiger charge is 2.22. The minimum atomic E-state index is -0.338. The van der Waals surface area contributed by atoms with Crippen LogP contribution in [0.5, 0.6) is 0 Å². The Balaban J connectivity index is 1.53. The molecule has 5 aromatic rings. The number of fused-ring (bicyclic) bond motifs is 1. The summed E-state index contributed by atoms with van der Waals surface area (Å²) in [5.74, 6) is 0.185. The van der Waals surface area contributed by atoms with E-state index in [9.17, 15) is 4.79 Å². The van der Waals surface area contributed by atoms with E-state index in [2.05, 4.69) is 25.5 Å². The van der Waals surface area contributed by atoms with Crippen molar-refractivity contribution in [1.82, 2.24) is 24.9 Å². The molecule has 5 rings (SSSR count). The van der Waals surface area contributed by atoms with Gasteiger partial charge in [-0.3, -0.25) is 4.79 Å². The lowest BCUT2D eigenvalue weighted by molar-refractivity contribution is 0.102. The minimum Gasteiger partial charge on any atom is -0.463 e. The molecule has 0 unspecified atom stereocenters. The second-order valence-electron chi connectivity index (χ2n) is 7.05. The summed E-state index contributed by atoms with van der Waals surface area (Å²) in [7, 11) is 0. The first-order valence-electron chi connectivity index (χ1n) is 9.93. The van der Waals surface area contributed by atoms with Gasteiger partial charge >= 0.3 is 0 Å². The standard InChI is InChI=1S/C22H17ClN6O3/c1-2-4-16-20-14(10-17(19-5-3-8-31-19)27-22(20)32-28-16)21(30)26-13-6-7-18(15(23)9-13)29-12-24-11-25-29/h3,5-12H,2,4H2,1H3,(H,26,30). The van der Waals surface area contributed by atoms with Crippen molar-refractivity contribution in [3.63, 3.8) is 0 Å². The highest BCUT2D eigenvalue weighted by Crippen LogP contribution is 2.30. The quantitative estimate of drug-likeness (QED) is 0.392. The molecule has 0 aliphatic carbocycles. The summed E-state index contributed by atoms with van der Waals surface area (Å²) in [6.07, 6.45) is 6.02. The number of rotatable bonds is 6. The second kappa shape index (κ2) is 8.27. The molecule has 0 aliphatic heterocycles. The van der Waals surface area contributed by atoms with Crippen LogP contribution in [0.15, 0.2) is 64.3 Å². The fraction of sp³-hybridized carbons (Fsp3) is 0.136. The molecule has 0 radical (unpaired) electrons. The van der Waals surface area contributed by atoms with Crippen LogP contribution in [0.25, 0.3) is 28.2 Å². The molecule has 1 N–H and O–H groups in total. The third kappa shape index (κ3) is 3.63. The van der Waals surface area contributed by atoms with E-state index in [1.54, 1.807) is 53.7 Å². The Bertz CT molecular complexity index is 1390. The molecule has 0 atom stereocenters. The van der Waals surface area contributed by atoms with Gasteiger partial charge in [0.05, 0.1) is 33.6 Å². The Kier molecular flexibility index (Phi) is 5.16. The molecule has 9 nitrogen and oxygen atoms in total. The molecule has 0 saturated carbocycles. The smallest absolute Gasteiger partial charge is 0.259 e. The normalized spacial score (nSPS) is 11.2. The summed E-state index contributed by atoms with van der Waals surface area (Å²) in [6, 6.07) is 10.4. The number of halogens is 1. The zero-order chi connectivity index (χ0) is 22.1. The number of nitrogens with one attached hydrogen (secondary N) is 1. The average molecular weight is 449 g/mol. The van der Waals surface area contributed by atoms with Gasteiger partial charge in [-0.15, -0.1) is 0 Å². The highest BCUT2D eigenvalue weighted by molar-refractivity contribution is 6.32. The lowest BCUT2D eigenvalue weighted by Crippen LogP contribution is -2.13. The van der Waals surface area contributed by atoms with Gasteiger partial charge in [-0.2, -0.15) is 5.10 Å². The molecule has 1 aromatic carbocycles. The van der Waals surface area contributed by atoms with Crippen LogP contribution in [0.1, 0.15) is 29.4 Å². The predicted octanol–water partition coefficient (Wildman–Crippen LogP) is 4.92. The largest absolute Gasteiger partial charge is 0.463 e. The fourth-order valence-electron chi connectivity index (χ4n) is 3.45. The predicted molar refractivity (Wildman–Crippen MR) is 118 cm³/mol. The Labute approximate surface area is 187 Å². The van der Waals surface area contributed by atoms with Crippen LogP contribution in [0.2, 0.25) is 5.02 Å². The zero-order valence-corrected chi connectivity index (χ0v) is 17.7. The Hall–Kier alpha value is -3.98. The first kappa shape index (κ1) is 20.0. The Morgan fingerprint density at radius 3 is 2.88 bits per heavy atom. The third-order valence-electron chi connectivity index (χ3n) is 4.89. The summed E-state index contributed by atoms with van der Waals surface area (Å²) in [4.78, 5) is 21.7. The first-order valence-corrected chi connectivity index (χ1v) is 10.3. The second-order valence-corrected chi connectivity index (χ2v) is 7.46. The SMILES string of the molecule is CCCc1noc2nc(-c3ccco3)cc(C(=O)Nc3ccc(-n4cncn4)c(Cl)c3)c12. The number of anilines is 1. The molecular weight excluding hydrogens is 432 g/mol. The van der Waals surface area contributed by atoms with Crippen molar-refractivity contribution in [2.75, 3.05) is 5.32 Å². The van der Waals surface area contributed by atoms with E-state index in [1.807, 2.05) is 6.92 Å². The molecule has 0 bridgehead atoms. The molecule has 1 amide bonds. The van der Waals surface area contributed by atoms with Crippen LogP contribution in [0.3, 0.4) is 0 Å². The topological polar surface area (TPSA) is 112 Å². The summed E-state index contributed by atoms with van der Waals surface area (Å²) < 4.78 is 12.4. The maximum absolute atomic E-state index is 13.3. The van der Waals surface area contributed by atoms with E-state index in [1.165, 1.54) is 6.33 Å². The molecule has 32 heavy (non-hydrogen) atoms. The van der Waals surface area contributed by atoms with Crippen LogP contribution in [0.4, 0.5) is 5.69 Å². The molecular formula is C22H17ClN6O3. The number of hydrogen-bond donors (Lipinski definition) is 1. The van der Waals surface area contributed by atoms with E-state index in [0.29, 0.717) is 50.9 Å². The molecule has 0 saturated heterocycles. The molecule has 160 valence electrons. The van der Waals surface area contributed by atoms with Crippen LogP contribution < -0.4 is 5.32 Å². The summed E-state index contributed by atoms with van der Waals surface area (Å²) in [6.45, 7) is 2.03. The molecule has 0 aliphatic rings. The van der Waals surface area contributed by atoms with Gasteiger partial charge in [0.15, 0.2) is 5.76 Å². The average Bonchev–Trinajstić information content (AvgIpc) is 3.56. The number of nitrogens with zero attached hydrogens (tertiary/aromatic N) is 5. The van der Waals surface area contributed by atoms with Crippen LogP contribution in [-0.4, -0.2) is 30.8 Å². The van der Waals surface area contributed by atoms with Crippen molar-refractivity contribution in [3.8, 4) is 17.1 Å². The van der Waals surface area contributed by atoms with Gasteiger partial charge in [-0.1, -0.05) is 30.1 Å². The number of hydrogen-bond acceptors (Lipinski definition) is 7. The number of amides is 1. The maximum Gasteiger partial charge on any atom is 0.259 e. The fourth-order valence-corrected chi connectivity index (χ4v) is 3.72. The third-order valence-corrected chi connectivity index (χ3v) is 5.20. The van der Waals surface area contributed by atoms with Crippen molar-refractivity contribution in [1.29, 1.82) is 0 Å². The van der Waals surface area contributed by atoms with E-state index in [-0.39, 0.29) is 11.6 Å². The Morgan fingerprint density at radius 1 is 1.25 bits per heavy atom. The monoisotopic (exact) mass is 448 g/mol. The number of carbonyl (C=O) groups is 1. The Morgan fingerprint density at radius 2 is 2.16 bits per heavy atom. The van der Waals surface area contributed by atoms with Crippen LogP contribution in [0, 0.1) is 0 Å². The number of aryl methyl sites for hydroxylation is 1. The van der Waals surface area contributed by atoms with E-state index in [0.717, 1.165) is 6.42 Å². The van der Waals surface area contributed by atoms with E-state index >= 15 is 0 Å². The van der Waals surface area contributed by atoms with Gasteiger partial charge in [-0.25, -0.2) is 14.6 Å². The van der Waals surface area contributed by atoms with Crippen LogP contribution >= 0.6 is 11.6 Å². The van der Waals surface area contributed by atoms with Gasteiger partial charge < -0.3 is 14.3 Å². The number of aromatic nitrogens is 5. The first-order chi connectivity index (χ1) is 15.6.